The van der Waals surface area contributed by atoms with E-state index < -0.39 is 24.3 Å². The Bertz CT molecular complexity index is 1320. The first-order chi connectivity index (χ1) is 16.7. The zero-order valence-corrected chi connectivity index (χ0v) is 19.5. The molecule has 2 aromatic heterocycles. The molecule has 2 aromatic carbocycles. The van der Waals surface area contributed by atoms with Gasteiger partial charge in [-0.15, -0.1) is 0 Å². The number of aliphatic carboxylic acids is 1. The summed E-state index contributed by atoms with van der Waals surface area (Å²) in [5.41, 5.74) is 1.32. The van der Waals surface area contributed by atoms with Crippen LogP contribution in [0.3, 0.4) is 0 Å². The number of alkyl halides is 3. The lowest BCUT2D eigenvalue weighted by molar-refractivity contribution is -0.139. The zero-order valence-electron chi connectivity index (χ0n) is 19.5. The molecular weight excluding hydrogens is 461 g/mol. The number of carboxylic acids is 1. The Balaban J connectivity index is 0.00000167. The number of pyridine rings is 1. The molecule has 6 nitrogen and oxygen atoms in total. The predicted molar refractivity (Wildman–Crippen MR) is 126 cm³/mol. The van der Waals surface area contributed by atoms with Crippen LogP contribution in [-0.4, -0.2) is 27.2 Å². The summed E-state index contributed by atoms with van der Waals surface area (Å²) in [5, 5.41) is 9.46. The molecule has 4 rings (SSSR count). The van der Waals surface area contributed by atoms with E-state index in [0.29, 0.717) is 34.8 Å². The maximum Gasteiger partial charge on any atom is 0.416 e. The van der Waals surface area contributed by atoms with Gasteiger partial charge >= 0.3 is 12.1 Å². The van der Waals surface area contributed by atoms with E-state index in [1.165, 1.54) is 12.1 Å². The van der Waals surface area contributed by atoms with E-state index in [9.17, 15) is 18.0 Å². The number of ether oxygens (including phenoxy) is 2. The Morgan fingerprint density at radius 2 is 1.74 bits per heavy atom. The van der Waals surface area contributed by atoms with Crippen molar-refractivity contribution in [2.24, 2.45) is 0 Å². The van der Waals surface area contributed by atoms with E-state index >= 15 is 0 Å². The van der Waals surface area contributed by atoms with E-state index in [-0.39, 0.29) is 5.75 Å². The maximum atomic E-state index is 13.1. The molecule has 0 radical (unpaired) electrons. The van der Waals surface area contributed by atoms with Crippen LogP contribution < -0.4 is 9.47 Å². The summed E-state index contributed by atoms with van der Waals surface area (Å²) in [4.78, 5) is 15.2. The van der Waals surface area contributed by atoms with Gasteiger partial charge in [0.1, 0.15) is 17.1 Å². The topological polar surface area (TPSA) is 73.6 Å². The molecule has 1 N–H and O–H groups in total. The summed E-state index contributed by atoms with van der Waals surface area (Å²) >= 11 is 0. The standard InChI is InChI=1S/C24H19F3N2O4.C2H6/c1-15-22(33-19-8-3-6-17(12-19)24(25,26)27)20-9-4-10-28-23(20)29(15)13-16-5-2-7-18(11-16)32-14-21(30)31;1-2/h2-12H,13-14H2,1H3,(H,30,31);1-2H3. The smallest absolute Gasteiger partial charge is 0.416 e. The summed E-state index contributed by atoms with van der Waals surface area (Å²) < 4.78 is 52.4. The molecule has 0 aliphatic rings. The van der Waals surface area contributed by atoms with E-state index in [0.717, 1.165) is 17.7 Å². The van der Waals surface area contributed by atoms with Crippen molar-refractivity contribution in [3.05, 3.63) is 83.7 Å². The lowest BCUT2D eigenvalue weighted by atomic mass is 10.2. The van der Waals surface area contributed by atoms with Gasteiger partial charge in [0.15, 0.2) is 12.4 Å². The quantitative estimate of drug-likeness (QED) is 0.315. The van der Waals surface area contributed by atoms with Gasteiger partial charge in [-0.1, -0.05) is 32.0 Å². The lowest BCUT2D eigenvalue weighted by Crippen LogP contribution is -2.09. The number of hydrogen-bond acceptors (Lipinski definition) is 4. The molecule has 0 amide bonds. The number of hydrogen-bond donors (Lipinski definition) is 1. The Labute approximate surface area is 200 Å². The molecule has 0 atom stereocenters. The molecule has 0 aliphatic heterocycles. The summed E-state index contributed by atoms with van der Waals surface area (Å²) in [6.45, 7) is 5.72. The number of carboxylic acid groups (broad SMARTS) is 1. The minimum atomic E-state index is -4.47. The van der Waals surface area contributed by atoms with Crippen molar-refractivity contribution in [1.82, 2.24) is 9.55 Å². The van der Waals surface area contributed by atoms with Gasteiger partial charge in [-0.3, -0.25) is 0 Å². The van der Waals surface area contributed by atoms with E-state index in [1.807, 2.05) is 24.5 Å². The van der Waals surface area contributed by atoms with Crippen LogP contribution in [0.25, 0.3) is 11.0 Å². The van der Waals surface area contributed by atoms with Crippen molar-refractivity contribution < 1.29 is 32.5 Å². The molecule has 4 aromatic rings. The Kier molecular flexibility index (Phi) is 8.01. The van der Waals surface area contributed by atoms with Crippen molar-refractivity contribution in [2.75, 3.05) is 6.61 Å². The summed E-state index contributed by atoms with van der Waals surface area (Å²) in [6.07, 6.45) is -2.85. The highest BCUT2D eigenvalue weighted by Gasteiger charge is 2.31. The van der Waals surface area contributed by atoms with Crippen LogP contribution in [0, 0.1) is 6.92 Å². The van der Waals surface area contributed by atoms with E-state index in [1.54, 1.807) is 43.5 Å². The van der Waals surface area contributed by atoms with E-state index in [4.69, 9.17) is 14.6 Å². The van der Waals surface area contributed by atoms with Gasteiger partial charge in [0, 0.05) is 12.7 Å². The number of carbonyl (C=O) groups is 1. The molecule has 9 heteroatoms. The average Bonchev–Trinajstić information content (AvgIpc) is 3.10. The Morgan fingerprint density at radius 3 is 2.46 bits per heavy atom. The van der Waals surface area contributed by atoms with Gasteiger partial charge in [-0.2, -0.15) is 13.2 Å². The fraction of sp³-hybridized carbons (Fsp3) is 0.231. The third-order valence-electron chi connectivity index (χ3n) is 5.00. The third-order valence-corrected chi connectivity index (χ3v) is 5.00. The molecule has 0 saturated carbocycles. The second kappa shape index (κ2) is 10.9. The summed E-state index contributed by atoms with van der Waals surface area (Å²) in [5.74, 6) is -0.179. The fourth-order valence-electron chi connectivity index (χ4n) is 3.50. The SMILES string of the molecule is CC.Cc1c(Oc2cccc(C(F)(F)F)c2)c2cccnc2n1Cc1cccc(OCC(=O)O)c1. The number of aromatic nitrogens is 2. The highest BCUT2D eigenvalue weighted by molar-refractivity contribution is 5.86. The number of halogens is 3. The molecule has 0 unspecified atom stereocenters. The second-order valence-electron chi connectivity index (χ2n) is 7.33. The van der Waals surface area contributed by atoms with Crippen LogP contribution in [0.5, 0.6) is 17.2 Å². The number of fused-ring (bicyclic) bond motifs is 1. The van der Waals surface area contributed by atoms with Crippen LogP contribution in [0.4, 0.5) is 13.2 Å². The second-order valence-corrected chi connectivity index (χ2v) is 7.33. The average molecular weight is 486 g/mol. The van der Waals surface area contributed by atoms with Gasteiger partial charge in [-0.05, 0) is 55.0 Å². The molecule has 0 saturated heterocycles. The van der Waals surface area contributed by atoms with Crippen LogP contribution in [0.2, 0.25) is 0 Å². The molecule has 0 aliphatic carbocycles. The first-order valence-electron chi connectivity index (χ1n) is 10.9. The molecule has 0 fully saturated rings. The first-order valence-corrected chi connectivity index (χ1v) is 10.9. The predicted octanol–water partition coefficient (Wildman–Crippen LogP) is 6.69. The molecule has 0 bridgehead atoms. The molecule has 0 spiro atoms. The van der Waals surface area contributed by atoms with Crippen LogP contribution in [-0.2, 0) is 17.5 Å². The number of benzene rings is 2. The minimum absolute atomic E-state index is 0.0693. The monoisotopic (exact) mass is 486 g/mol. The van der Waals surface area contributed by atoms with Crippen molar-refractivity contribution in [1.29, 1.82) is 0 Å². The van der Waals surface area contributed by atoms with Gasteiger partial charge in [0.25, 0.3) is 0 Å². The maximum absolute atomic E-state index is 13.1. The van der Waals surface area contributed by atoms with Gasteiger partial charge in [0.05, 0.1) is 16.6 Å². The summed E-state index contributed by atoms with van der Waals surface area (Å²) in [7, 11) is 0. The normalized spacial score (nSPS) is 11.0. The third kappa shape index (κ3) is 6.11. The fourth-order valence-corrected chi connectivity index (χ4v) is 3.50. The molecular formula is C26H25F3N2O4. The number of rotatable bonds is 7. The molecule has 35 heavy (non-hydrogen) atoms. The van der Waals surface area contributed by atoms with Crippen molar-refractivity contribution in [3.63, 3.8) is 0 Å². The zero-order chi connectivity index (χ0) is 25.6. The van der Waals surface area contributed by atoms with E-state index in [2.05, 4.69) is 4.98 Å². The van der Waals surface area contributed by atoms with Crippen LogP contribution in [0.15, 0.2) is 66.9 Å². The van der Waals surface area contributed by atoms with Crippen molar-refractivity contribution in [2.45, 2.75) is 33.5 Å². The van der Waals surface area contributed by atoms with Gasteiger partial charge in [-0.25, -0.2) is 9.78 Å². The van der Waals surface area contributed by atoms with Gasteiger partial charge in [0.2, 0.25) is 0 Å². The Hall–Kier alpha value is -4.01. The van der Waals surface area contributed by atoms with Crippen molar-refractivity contribution >= 4 is 17.0 Å². The molecule has 2 heterocycles. The van der Waals surface area contributed by atoms with Crippen LogP contribution >= 0.6 is 0 Å². The molecule has 184 valence electrons. The Morgan fingerprint density at radius 1 is 1.03 bits per heavy atom. The minimum Gasteiger partial charge on any atom is -0.482 e. The lowest BCUT2D eigenvalue weighted by Gasteiger charge is -2.12. The van der Waals surface area contributed by atoms with Crippen LogP contribution in [0.1, 0.15) is 30.7 Å². The highest BCUT2D eigenvalue weighted by atomic mass is 19.4. The largest absolute Gasteiger partial charge is 0.482 e. The van der Waals surface area contributed by atoms with Crippen molar-refractivity contribution in [3.8, 4) is 17.2 Å². The summed E-state index contributed by atoms with van der Waals surface area (Å²) in [6, 6.07) is 15.2. The highest BCUT2D eigenvalue weighted by Crippen LogP contribution is 2.37. The van der Waals surface area contributed by atoms with Gasteiger partial charge < -0.3 is 19.1 Å². The first kappa shape index (κ1) is 25.6. The number of nitrogens with zero attached hydrogens (tertiary/aromatic N) is 2.